The van der Waals surface area contributed by atoms with E-state index in [9.17, 15) is 0 Å². The highest BCUT2D eigenvalue weighted by Gasteiger charge is 2.46. The van der Waals surface area contributed by atoms with Gasteiger partial charge in [0.15, 0.2) is 0 Å². The lowest BCUT2D eigenvalue weighted by Gasteiger charge is -2.26. The second kappa shape index (κ2) is 3.13. The third-order valence-corrected chi connectivity index (χ3v) is 4.44. The van der Waals surface area contributed by atoms with Crippen molar-refractivity contribution in [3.8, 4) is 0 Å². The Bertz CT molecular complexity index is 453. The lowest BCUT2D eigenvalue weighted by molar-refractivity contribution is 0.537. The van der Waals surface area contributed by atoms with E-state index in [0.717, 1.165) is 0 Å². The predicted octanol–water partition coefficient (Wildman–Crippen LogP) is 3.77. The average molecular weight is 213 g/mol. The summed E-state index contributed by atoms with van der Waals surface area (Å²) in [5.41, 5.74) is 5.85. The number of likely N-dealkylation sites (N-methyl/N-ethyl adjacent to an activating group) is 1. The molecule has 84 valence electrons. The van der Waals surface area contributed by atoms with E-state index in [-0.39, 0.29) is 5.41 Å². The monoisotopic (exact) mass is 213 g/mol. The van der Waals surface area contributed by atoms with Crippen molar-refractivity contribution in [2.45, 2.75) is 38.0 Å². The Morgan fingerprint density at radius 2 is 1.94 bits per heavy atom. The third kappa shape index (κ3) is 1.06. The summed E-state index contributed by atoms with van der Waals surface area (Å²) in [5, 5.41) is 0. The van der Waals surface area contributed by atoms with Gasteiger partial charge >= 0.3 is 0 Å². The number of rotatable bonds is 0. The molecule has 1 heteroatoms. The van der Waals surface area contributed by atoms with E-state index in [1.54, 1.807) is 0 Å². The molecule has 3 rings (SSSR count). The maximum absolute atomic E-state index is 4.34. The van der Waals surface area contributed by atoms with E-state index >= 15 is 0 Å². The Labute approximate surface area is 97.8 Å². The van der Waals surface area contributed by atoms with Gasteiger partial charge in [-0.3, -0.25) is 0 Å². The summed E-state index contributed by atoms with van der Waals surface area (Å²) >= 11 is 0. The number of allylic oxidation sites excluding steroid dienone is 1. The van der Waals surface area contributed by atoms with Gasteiger partial charge in [-0.05, 0) is 31.4 Å². The van der Waals surface area contributed by atoms with Crippen molar-refractivity contribution < 1.29 is 0 Å². The molecule has 1 saturated carbocycles. The number of aryl methyl sites for hydroxylation is 1. The van der Waals surface area contributed by atoms with E-state index in [1.165, 1.54) is 48.2 Å². The number of anilines is 1. The molecule has 1 heterocycles. The van der Waals surface area contributed by atoms with Crippen molar-refractivity contribution in [1.82, 2.24) is 0 Å². The van der Waals surface area contributed by atoms with Crippen LogP contribution in [0.2, 0.25) is 0 Å². The van der Waals surface area contributed by atoms with Crippen molar-refractivity contribution >= 4 is 5.69 Å². The van der Waals surface area contributed by atoms with Crippen molar-refractivity contribution in [1.29, 1.82) is 0 Å². The highest BCUT2D eigenvalue weighted by Crippen LogP contribution is 2.55. The summed E-state index contributed by atoms with van der Waals surface area (Å²) < 4.78 is 0. The van der Waals surface area contributed by atoms with Crippen LogP contribution < -0.4 is 4.90 Å². The van der Waals surface area contributed by atoms with E-state index in [2.05, 4.69) is 43.6 Å². The van der Waals surface area contributed by atoms with Crippen molar-refractivity contribution in [3.05, 3.63) is 41.6 Å². The molecule has 1 nitrogen and oxygen atoms in total. The van der Waals surface area contributed by atoms with Crippen LogP contribution in [0.4, 0.5) is 5.69 Å². The van der Waals surface area contributed by atoms with Crippen LogP contribution in [0.25, 0.3) is 0 Å². The van der Waals surface area contributed by atoms with Crippen LogP contribution in [0.5, 0.6) is 0 Å². The largest absolute Gasteiger partial charge is 0.348 e. The first-order chi connectivity index (χ1) is 7.65. The Morgan fingerprint density at radius 1 is 1.25 bits per heavy atom. The Hall–Kier alpha value is -1.24. The summed E-state index contributed by atoms with van der Waals surface area (Å²) in [5.74, 6) is 0. The first kappa shape index (κ1) is 9.95. The lowest BCUT2D eigenvalue weighted by atomic mass is 9.78. The molecule has 2 aliphatic rings. The van der Waals surface area contributed by atoms with Crippen LogP contribution in [-0.4, -0.2) is 7.05 Å². The zero-order chi connectivity index (χ0) is 11.3. The number of fused-ring (bicyclic) bond motifs is 2. The molecule has 1 aromatic rings. The van der Waals surface area contributed by atoms with Gasteiger partial charge in [-0.1, -0.05) is 37.1 Å². The Kier molecular flexibility index (Phi) is 1.95. The minimum atomic E-state index is 0.274. The van der Waals surface area contributed by atoms with Gasteiger partial charge in [0.1, 0.15) is 0 Å². The molecule has 0 bridgehead atoms. The number of nitrogens with zero attached hydrogens (tertiary/aromatic N) is 1. The highest BCUT2D eigenvalue weighted by molar-refractivity contribution is 5.70. The fourth-order valence-corrected chi connectivity index (χ4v) is 3.48. The fraction of sp³-hybridized carbons (Fsp3) is 0.467. The minimum Gasteiger partial charge on any atom is -0.348 e. The third-order valence-electron chi connectivity index (χ3n) is 4.44. The molecular weight excluding hydrogens is 194 g/mol. The smallest absolute Gasteiger partial charge is 0.0448 e. The van der Waals surface area contributed by atoms with Crippen molar-refractivity contribution in [2.24, 2.45) is 0 Å². The summed E-state index contributed by atoms with van der Waals surface area (Å²) in [4.78, 5) is 2.29. The topological polar surface area (TPSA) is 3.24 Å². The molecule has 0 N–H and O–H groups in total. The standard InChI is InChI=1S/C15H19N/c1-11-6-7-14-13(10-11)15(8-4-5-9-15)12(2)16(14)3/h6-7,10H,2,4-5,8-9H2,1,3H3. The summed E-state index contributed by atoms with van der Waals surface area (Å²) in [7, 11) is 2.16. The average Bonchev–Trinajstić information content (AvgIpc) is 2.83. The number of hydrogen-bond acceptors (Lipinski definition) is 1. The van der Waals surface area contributed by atoms with Crippen molar-refractivity contribution in [2.75, 3.05) is 11.9 Å². The van der Waals surface area contributed by atoms with Crippen LogP contribution in [-0.2, 0) is 5.41 Å². The van der Waals surface area contributed by atoms with Gasteiger partial charge in [0.2, 0.25) is 0 Å². The second-order valence-electron chi connectivity index (χ2n) is 5.32. The number of benzene rings is 1. The van der Waals surface area contributed by atoms with E-state index < -0.39 is 0 Å². The molecule has 1 aliphatic heterocycles. The van der Waals surface area contributed by atoms with Gasteiger partial charge in [-0.25, -0.2) is 0 Å². The lowest BCUT2D eigenvalue weighted by Crippen LogP contribution is -2.25. The molecule has 1 aliphatic carbocycles. The molecule has 0 amide bonds. The molecule has 16 heavy (non-hydrogen) atoms. The maximum atomic E-state index is 4.34. The van der Waals surface area contributed by atoms with Gasteiger partial charge in [0.25, 0.3) is 0 Å². The quantitative estimate of drug-likeness (QED) is 0.634. The van der Waals surface area contributed by atoms with Gasteiger partial charge < -0.3 is 4.90 Å². The van der Waals surface area contributed by atoms with Crippen molar-refractivity contribution in [3.63, 3.8) is 0 Å². The van der Waals surface area contributed by atoms with Crippen LogP contribution in [0.1, 0.15) is 36.8 Å². The molecule has 1 fully saturated rings. The van der Waals surface area contributed by atoms with Crippen LogP contribution in [0.15, 0.2) is 30.5 Å². The number of hydrogen-bond donors (Lipinski definition) is 0. The SMILES string of the molecule is C=C1N(C)c2ccc(C)cc2C12CCCC2. The zero-order valence-corrected chi connectivity index (χ0v) is 10.2. The summed E-state index contributed by atoms with van der Waals surface area (Å²) in [6.07, 6.45) is 5.26. The molecule has 1 aromatic carbocycles. The van der Waals surface area contributed by atoms with Gasteiger partial charge in [0, 0.05) is 23.8 Å². The second-order valence-corrected chi connectivity index (χ2v) is 5.32. The molecule has 0 saturated heterocycles. The van der Waals surface area contributed by atoms with Gasteiger partial charge in [0.05, 0.1) is 0 Å². The highest BCUT2D eigenvalue weighted by atomic mass is 15.2. The summed E-state index contributed by atoms with van der Waals surface area (Å²) in [6.45, 7) is 6.53. The van der Waals surface area contributed by atoms with E-state index in [1.807, 2.05) is 0 Å². The summed E-state index contributed by atoms with van der Waals surface area (Å²) in [6, 6.07) is 6.83. The molecule has 0 atom stereocenters. The van der Waals surface area contributed by atoms with Gasteiger partial charge in [-0.2, -0.15) is 0 Å². The zero-order valence-electron chi connectivity index (χ0n) is 10.2. The normalized spacial score (nSPS) is 21.9. The first-order valence-electron chi connectivity index (χ1n) is 6.19. The van der Waals surface area contributed by atoms with E-state index in [0.29, 0.717) is 0 Å². The first-order valence-corrected chi connectivity index (χ1v) is 6.19. The Morgan fingerprint density at radius 3 is 2.62 bits per heavy atom. The molecule has 1 spiro atoms. The van der Waals surface area contributed by atoms with Crippen LogP contribution in [0, 0.1) is 6.92 Å². The Balaban J connectivity index is 2.23. The van der Waals surface area contributed by atoms with Crippen LogP contribution >= 0.6 is 0 Å². The molecule has 0 radical (unpaired) electrons. The van der Waals surface area contributed by atoms with E-state index in [4.69, 9.17) is 0 Å². The molecular formula is C15H19N. The minimum absolute atomic E-state index is 0.274. The predicted molar refractivity (Wildman–Crippen MR) is 68.9 cm³/mol. The molecule has 0 unspecified atom stereocenters. The maximum Gasteiger partial charge on any atom is 0.0448 e. The molecule has 0 aromatic heterocycles. The fourth-order valence-electron chi connectivity index (χ4n) is 3.48. The van der Waals surface area contributed by atoms with Gasteiger partial charge in [-0.15, -0.1) is 0 Å². The van der Waals surface area contributed by atoms with Crippen LogP contribution in [0.3, 0.4) is 0 Å².